The van der Waals surface area contributed by atoms with Crippen molar-refractivity contribution in [1.29, 1.82) is 0 Å². The molecule has 0 bridgehead atoms. The van der Waals surface area contributed by atoms with Gasteiger partial charge in [0.25, 0.3) is 5.89 Å². The van der Waals surface area contributed by atoms with Crippen LogP contribution in [-0.2, 0) is 11.2 Å². The number of hydrogen-bond donors (Lipinski definition) is 1. The minimum atomic E-state index is -0.378. The Morgan fingerprint density at radius 1 is 1.19 bits per heavy atom. The summed E-state index contributed by atoms with van der Waals surface area (Å²) in [6, 6.07) is 5.65. The van der Waals surface area contributed by atoms with E-state index in [4.69, 9.17) is 24.5 Å². The van der Waals surface area contributed by atoms with E-state index in [0.29, 0.717) is 29.6 Å². The van der Waals surface area contributed by atoms with E-state index in [1.54, 1.807) is 21.3 Å². The smallest absolute Gasteiger partial charge is 0.257 e. The first-order valence-corrected chi connectivity index (χ1v) is 6.48. The van der Waals surface area contributed by atoms with Crippen molar-refractivity contribution < 1.29 is 18.7 Å². The number of rotatable bonds is 7. The molecule has 0 radical (unpaired) electrons. The molecule has 1 atom stereocenters. The minimum Gasteiger partial charge on any atom is -0.493 e. The molecule has 1 aromatic heterocycles. The highest BCUT2D eigenvalue weighted by molar-refractivity contribution is 5.43. The van der Waals surface area contributed by atoms with Crippen LogP contribution in [-0.4, -0.2) is 38.0 Å². The number of nitrogens with zero attached hydrogens (tertiary/aromatic N) is 2. The van der Waals surface area contributed by atoms with E-state index in [-0.39, 0.29) is 12.6 Å². The summed E-state index contributed by atoms with van der Waals surface area (Å²) in [5.41, 5.74) is 6.55. The van der Waals surface area contributed by atoms with E-state index in [2.05, 4.69) is 10.1 Å². The quantitative estimate of drug-likeness (QED) is 0.823. The van der Waals surface area contributed by atoms with Gasteiger partial charge < -0.3 is 24.5 Å². The van der Waals surface area contributed by atoms with Crippen molar-refractivity contribution in [3.63, 3.8) is 0 Å². The van der Waals surface area contributed by atoms with Gasteiger partial charge in [0.15, 0.2) is 17.3 Å². The summed E-state index contributed by atoms with van der Waals surface area (Å²) < 4.78 is 20.8. The van der Waals surface area contributed by atoms with Gasteiger partial charge in [0, 0.05) is 20.1 Å². The molecule has 0 aliphatic rings. The van der Waals surface area contributed by atoms with Crippen molar-refractivity contribution in [2.24, 2.45) is 5.73 Å². The lowest BCUT2D eigenvalue weighted by molar-refractivity contribution is 0.0804. The van der Waals surface area contributed by atoms with Gasteiger partial charge in [-0.25, -0.2) is 0 Å². The van der Waals surface area contributed by atoms with Gasteiger partial charge in [-0.2, -0.15) is 4.98 Å². The number of hydrogen-bond acceptors (Lipinski definition) is 7. The van der Waals surface area contributed by atoms with Crippen molar-refractivity contribution in [1.82, 2.24) is 10.1 Å². The molecule has 0 amide bonds. The average molecular weight is 293 g/mol. The first-order chi connectivity index (χ1) is 10.2. The Hall–Kier alpha value is -2.12. The Balaban J connectivity index is 2.15. The van der Waals surface area contributed by atoms with Crippen LogP contribution in [0.5, 0.6) is 11.5 Å². The normalized spacial score (nSPS) is 12.2. The van der Waals surface area contributed by atoms with Gasteiger partial charge in [-0.1, -0.05) is 11.2 Å². The van der Waals surface area contributed by atoms with Crippen molar-refractivity contribution in [3.05, 3.63) is 35.5 Å². The van der Waals surface area contributed by atoms with Gasteiger partial charge in [0.2, 0.25) is 0 Å². The summed E-state index contributed by atoms with van der Waals surface area (Å²) in [7, 11) is 4.74. The summed E-state index contributed by atoms with van der Waals surface area (Å²) >= 11 is 0. The van der Waals surface area contributed by atoms with Gasteiger partial charge >= 0.3 is 0 Å². The Morgan fingerprint density at radius 2 is 1.95 bits per heavy atom. The lowest BCUT2D eigenvalue weighted by Crippen LogP contribution is -2.14. The van der Waals surface area contributed by atoms with Gasteiger partial charge in [-0.05, 0) is 17.7 Å². The monoisotopic (exact) mass is 293 g/mol. The molecule has 21 heavy (non-hydrogen) atoms. The molecule has 2 N–H and O–H groups in total. The topological polar surface area (TPSA) is 92.6 Å². The Kier molecular flexibility index (Phi) is 5.13. The molecular weight excluding hydrogens is 274 g/mol. The van der Waals surface area contributed by atoms with Crippen molar-refractivity contribution >= 4 is 0 Å². The largest absolute Gasteiger partial charge is 0.493 e. The van der Waals surface area contributed by atoms with Crippen LogP contribution in [0.2, 0.25) is 0 Å². The van der Waals surface area contributed by atoms with Gasteiger partial charge in [-0.3, -0.25) is 0 Å². The average Bonchev–Trinajstić information content (AvgIpc) is 2.96. The lowest BCUT2D eigenvalue weighted by Gasteiger charge is -2.08. The van der Waals surface area contributed by atoms with E-state index in [1.165, 1.54) is 0 Å². The SMILES string of the molecule is COc1ccc(Cc2noc(C(CN)OC)n2)cc1OC. The van der Waals surface area contributed by atoms with Crippen LogP contribution in [0.3, 0.4) is 0 Å². The van der Waals surface area contributed by atoms with Crippen molar-refractivity contribution in [3.8, 4) is 11.5 Å². The number of aromatic nitrogens is 2. The van der Waals surface area contributed by atoms with Gasteiger partial charge in [-0.15, -0.1) is 0 Å². The third-order valence-electron chi connectivity index (χ3n) is 3.07. The van der Waals surface area contributed by atoms with Crippen molar-refractivity contribution in [2.45, 2.75) is 12.5 Å². The lowest BCUT2D eigenvalue weighted by atomic mass is 10.1. The first-order valence-electron chi connectivity index (χ1n) is 6.48. The number of methoxy groups -OCH3 is 3. The Morgan fingerprint density at radius 3 is 2.57 bits per heavy atom. The molecular formula is C14H19N3O4. The van der Waals surface area contributed by atoms with E-state index in [0.717, 1.165) is 5.56 Å². The summed E-state index contributed by atoms with van der Waals surface area (Å²) in [5, 5.41) is 3.93. The number of benzene rings is 1. The van der Waals surface area contributed by atoms with E-state index in [9.17, 15) is 0 Å². The highest BCUT2D eigenvalue weighted by Gasteiger charge is 2.17. The fraction of sp³-hybridized carbons (Fsp3) is 0.429. The molecule has 7 heteroatoms. The molecule has 2 aromatic rings. The van der Waals surface area contributed by atoms with Crippen LogP contribution in [0.1, 0.15) is 23.4 Å². The Labute approximate surface area is 123 Å². The molecule has 0 aliphatic carbocycles. The zero-order chi connectivity index (χ0) is 15.2. The maximum atomic E-state index is 5.56. The second kappa shape index (κ2) is 7.05. The molecule has 1 aromatic carbocycles. The second-order valence-electron chi connectivity index (χ2n) is 4.38. The molecule has 0 saturated heterocycles. The van der Waals surface area contributed by atoms with E-state index in [1.807, 2.05) is 18.2 Å². The molecule has 7 nitrogen and oxygen atoms in total. The molecule has 0 aliphatic heterocycles. The molecule has 0 saturated carbocycles. The van der Waals surface area contributed by atoms with Crippen LogP contribution in [0.25, 0.3) is 0 Å². The molecule has 0 spiro atoms. The maximum Gasteiger partial charge on any atom is 0.257 e. The van der Waals surface area contributed by atoms with Gasteiger partial charge in [0.05, 0.1) is 14.2 Å². The molecule has 0 fully saturated rings. The fourth-order valence-corrected chi connectivity index (χ4v) is 1.94. The molecule has 114 valence electrons. The zero-order valence-electron chi connectivity index (χ0n) is 12.3. The third kappa shape index (κ3) is 3.50. The van der Waals surface area contributed by atoms with E-state index < -0.39 is 0 Å². The van der Waals surface area contributed by atoms with Crippen LogP contribution in [0, 0.1) is 0 Å². The van der Waals surface area contributed by atoms with Crippen LogP contribution < -0.4 is 15.2 Å². The number of ether oxygens (including phenoxy) is 3. The van der Waals surface area contributed by atoms with Crippen molar-refractivity contribution in [2.75, 3.05) is 27.9 Å². The predicted octanol–water partition coefficient (Wildman–Crippen LogP) is 1.32. The molecule has 1 unspecified atom stereocenters. The summed E-state index contributed by atoms with van der Waals surface area (Å²) in [4.78, 5) is 4.29. The van der Waals surface area contributed by atoms with Crippen LogP contribution in [0.4, 0.5) is 0 Å². The standard InChI is InChI=1S/C14H19N3O4/c1-18-10-5-4-9(6-11(10)19-2)7-13-16-14(21-17-13)12(8-15)20-3/h4-6,12H,7-8,15H2,1-3H3. The summed E-state index contributed by atoms with van der Waals surface area (Å²) in [6.07, 6.45) is 0.141. The van der Waals surface area contributed by atoms with E-state index >= 15 is 0 Å². The molecule has 1 heterocycles. The summed E-state index contributed by atoms with van der Waals surface area (Å²) in [6.45, 7) is 0.286. The predicted molar refractivity (Wildman–Crippen MR) is 75.5 cm³/mol. The minimum absolute atomic E-state index is 0.286. The fourth-order valence-electron chi connectivity index (χ4n) is 1.94. The van der Waals surface area contributed by atoms with Crippen LogP contribution in [0.15, 0.2) is 22.7 Å². The highest BCUT2D eigenvalue weighted by Crippen LogP contribution is 2.28. The zero-order valence-corrected chi connectivity index (χ0v) is 12.3. The maximum absolute atomic E-state index is 5.56. The van der Waals surface area contributed by atoms with Gasteiger partial charge in [0.1, 0.15) is 6.10 Å². The second-order valence-corrected chi connectivity index (χ2v) is 4.38. The first kappa shape index (κ1) is 15.3. The summed E-state index contributed by atoms with van der Waals surface area (Å²) in [5.74, 6) is 2.29. The molecule has 2 rings (SSSR count). The Bertz CT molecular complexity index is 581. The highest BCUT2D eigenvalue weighted by atomic mass is 16.5. The number of nitrogens with two attached hydrogens (primary N) is 1. The third-order valence-corrected chi connectivity index (χ3v) is 3.07. The van der Waals surface area contributed by atoms with Crippen LogP contribution >= 0.6 is 0 Å².